The summed E-state index contributed by atoms with van der Waals surface area (Å²) >= 11 is 0. The van der Waals surface area contributed by atoms with Crippen molar-refractivity contribution in [1.82, 2.24) is 9.88 Å². The Balaban J connectivity index is 1.09. The van der Waals surface area contributed by atoms with E-state index in [1.54, 1.807) is 19.1 Å². The third-order valence-electron chi connectivity index (χ3n) is 7.94. The van der Waals surface area contributed by atoms with Gasteiger partial charge in [0.05, 0.1) is 37.2 Å². The molecule has 3 atom stereocenters. The molecule has 206 valence electrons. The Morgan fingerprint density at radius 2 is 1.59 bits per heavy atom. The number of nitrogens with zero attached hydrogens (tertiary/aromatic N) is 2. The molecule has 0 radical (unpaired) electrons. The molecule has 1 saturated carbocycles. The highest BCUT2D eigenvalue weighted by atomic mass is 32.2. The number of pyridine rings is 1. The summed E-state index contributed by atoms with van der Waals surface area (Å²) in [6, 6.07) is 3.68. The number of rotatable bonds is 6. The number of hydrogen-bond donors (Lipinski definition) is 0. The van der Waals surface area contributed by atoms with Crippen LogP contribution in [-0.4, -0.2) is 78.9 Å². The van der Waals surface area contributed by atoms with Crippen molar-refractivity contribution >= 4 is 15.9 Å². The number of piperidine rings is 1. The lowest BCUT2D eigenvalue weighted by Crippen LogP contribution is -2.50. The van der Waals surface area contributed by atoms with E-state index >= 15 is 0 Å². The van der Waals surface area contributed by atoms with Gasteiger partial charge in [-0.3, -0.25) is 0 Å². The number of sulfone groups is 1. The van der Waals surface area contributed by atoms with Crippen LogP contribution in [-0.2, 0) is 24.0 Å². The molecule has 0 unspecified atom stereocenters. The van der Waals surface area contributed by atoms with E-state index in [1.165, 1.54) is 0 Å². The second-order valence-electron chi connectivity index (χ2n) is 12.0. The van der Waals surface area contributed by atoms with Crippen molar-refractivity contribution < 1.29 is 32.2 Å². The minimum atomic E-state index is -3.45. The van der Waals surface area contributed by atoms with E-state index in [4.69, 9.17) is 18.9 Å². The topological polar surface area (TPSA) is 104 Å². The molecular formula is C27H40N2O7S. The van der Waals surface area contributed by atoms with Crippen LogP contribution in [0.4, 0.5) is 4.79 Å². The molecule has 4 aliphatic rings. The number of aromatic nitrogens is 1. The van der Waals surface area contributed by atoms with Crippen LogP contribution in [0.5, 0.6) is 5.75 Å². The molecule has 3 aliphatic heterocycles. The van der Waals surface area contributed by atoms with Gasteiger partial charge in [-0.2, -0.15) is 0 Å². The molecule has 4 heterocycles. The van der Waals surface area contributed by atoms with Gasteiger partial charge in [-0.1, -0.05) is 0 Å². The number of hydrogen-bond acceptors (Lipinski definition) is 8. The predicted octanol–water partition coefficient (Wildman–Crippen LogP) is 4.20. The Bertz CT molecular complexity index is 1080. The van der Waals surface area contributed by atoms with Crippen LogP contribution < -0.4 is 4.74 Å². The molecule has 0 N–H and O–H groups in total. The van der Waals surface area contributed by atoms with Crippen molar-refractivity contribution in [2.24, 2.45) is 0 Å². The van der Waals surface area contributed by atoms with Crippen LogP contribution in [0.15, 0.2) is 17.2 Å². The largest absolute Gasteiger partial charge is 0.489 e. The monoisotopic (exact) mass is 536 g/mol. The molecule has 0 spiro atoms. The third kappa shape index (κ3) is 5.91. The highest BCUT2D eigenvalue weighted by Gasteiger charge is 2.46. The molecule has 0 aromatic carbocycles. The van der Waals surface area contributed by atoms with Gasteiger partial charge in [0.25, 0.3) is 0 Å². The molecular weight excluding hydrogens is 496 g/mol. The van der Waals surface area contributed by atoms with Gasteiger partial charge in [-0.15, -0.1) is 0 Å². The average molecular weight is 537 g/mol. The molecule has 1 aliphatic carbocycles. The zero-order chi connectivity index (χ0) is 26.4. The SMILES string of the molecule is Cc1nc(S(=O)(=O)C2COC2)ccc1O[C@H]1CC[C@H](O[C@@H]2C[C@H]3CC[C@@H](C2)N3C(=O)OC(C)(C)C)CC1. The maximum atomic E-state index is 12.7. The Labute approximate surface area is 220 Å². The van der Waals surface area contributed by atoms with Gasteiger partial charge in [0.1, 0.15) is 16.6 Å². The number of carbonyl (C=O) groups excluding carboxylic acids is 1. The van der Waals surface area contributed by atoms with E-state index in [2.05, 4.69) is 4.98 Å². The molecule has 4 fully saturated rings. The molecule has 5 rings (SSSR count). The number of fused-ring (bicyclic) bond motifs is 2. The van der Waals surface area contributed by atoms with Crippen LogP contribution >= 0.6 is 0 Å². The van der Waals surface area contributed by atoms with Gasteiger partial charge < -0.3 is 23.8 Å². The lowest BCUT2D eigenvalue weighted by Gasteiger charge is -2.41. The lowest BCUT2D eigenvalue weighted by molar-refractivity contribution is -0.0813. The minimum Gasteiger partial charge on any atom is -0.489 e. The molecule has 37 heavy (non-hydrogen) atoms. The van der Waals surface area contributed by atoms with Crippen molar-refractivity contribution in [3.63, 3.8) is 0 Å². The third-order valence-corrected chi connectivity index (χ3v) is 9.90. The van der Waals surface area contributed by atoms with Crippen molar-refractivity contribution in [2.45, 2.75) is 125 Å². The second kappa shape index (κ2) is 10.3. The van der Waals surface area contributed by atoms with Crippen LogP contribution in [0.25, 0.3) is 0 Å². The standard InChI is InChI=1S/C27H40N2O7S/c1-17-24(11-12-25(28-17)37(31,32)23-15-33-16-23)35-21-9-7-20(8-10-21)34-22-13-18-5-6-19(14-22)29(18)26(30)36-27(2,3)4/h11-12,18-23H,5-10,13-16H2,1-4H3/t18-,19+,20-,21-,22-. The molecule has 10 heteroatoms. The van der Waals surface area contributed by atoms with Crippen molar-refractivity contribution in [2.75, 3.05) is 13.2 Å². The zero-order valence-electron chi connectivity index (χ0n) is 22.4. The van der Waals surface area contributed by atoms with Gasteiger partial charge in [0, 0.05) is 12.1 Å². The predicted molar refractivity (Wildman–Crippen MR) is 136 cm³/mol. The van der Waals surface area contributed by atoms with Gasteiger partial charge in [-0.05, 0) is 91.2 Å². The van der Waals surface area contributed by atoms with Crippen molar-refractivity contribution in [3.8, 4) is 5.75 Å². The molecule has 1 aromatic rings. The molecule has 1 amide bonds. The van der Waals surface area contributed by atoms with E-state index < -0.39 is 20.7 Å². The number of amides is 1. The first-order valence-electron chi connectivity index (χ1n) is 13.6. The minimum absolute atomic E-state index is 0.0630. The number of aryl methyl sites for hydroxylation is 1. The first kappa shape index (κ1) is 26.7. The Morgan fingerprint density at radius 1 is 0.973 bits per heavy atom. The van der Waals surface area contributed by atoms with E-state index in [-0.39, 0.29) is 54.7 Å². The van der Waals surface area contributed by atoms with Crippen molar-refractivity contribution in [1.29, 1.82) is 0 Å². The van der Waals surface area contributed by atoms with E-state index in [0.717, 1.165) is 51.4 Å². The summed E-state index contributed by atoms with van der Waals surface area (Å²) in [5, 5.41) is -0.407. The molecule has 3 saturated heterocycles. The van der Waals surface area contributed by atoms with Gasteiger partial charge in [-0.25, -0.2) is 18.2 Å². The highest BCUT2D eigenvalue weighted by Crippen LogP contribution is 2.39. The lowest BCUT2D eigenvalue weighted by atomic mass is 9.93. The Kier molecular flexibility index (Phi) is 7.46. The smallest absolute Gasteiger partial charge is 0.410 e. The first-order chi connectivity index (χ1) is 17.5. The fourth-order valence-corrected chi connectivity index (χ4v) is 7.38. The highest BCUT2D eigenvalue weighted by molar-refractivity contribution is 7.92. The van der Waals surface area contributed by atoms with Gasteiger partial charge in [0.2, 0.25) is 9.84 Å². The zero-order valence-corrected chi connectivity index (χ0v) is 23.2. The summed E-state index contributed by atoms with van der Waals surface area (Å²) in [6.07, 6.45) is 7.66. The maximum absolute atomic E-state index is 12.7. The average Bonchev–Trinajstić information content (AvgIpc) is 3.04. The Morgan fingerprint density at radius 3 is 2.14 bits per heavy atom. The van der Waals surface area contributed by atoms with Crippen molar-refractivity contribution in [3.05, 3.63) is 17.8 Å². The molecule has 2 bridgehead atoms. The first-order valence-corrected chi connectivity index (χ1v) is 15.2. The van der Waals surface area contributed by atoms with E-state index in [0.29, 0.717) is 11.4 Å². The number of ether oxygens (including phenoxy) is 4. The Hall–Kier alpha value is -1.91. The van der Waals surface area contributed by atoms with E-state index in [9.17, 15) is 13.2 Å². The summed E-state index contributed by atoms with van der Waals surface area (Å²) in [6.45, 7) is 7.98. The van der Waals surface area contributed by atoms with Crippen LogP contribution in [0.1, 0.15) is 77.8 Å². The quantitative estimate of drug-likeness (QED) is 0.533. The second-order valence-corrected chi connectivity index (χ2v) is 14.1. The fraction of sp³-hybridized carbons (Fsp3) is 0.778. The molecule has 9 nitrogen and oxygen atoms in total. The van der Waals surface area contributed by atoms with Gasteiger partial charge in [0.15, 0.2) is 5.03 Å². The molecule has 1 aromatic heterocycles. The summed E-state index contributed by atoms with van der Waals surface area (Å²) in [4.78, 5) is 19.0. The van der Waals surface area contributed by atoms with Crippen LogP contribution in [0.2, 0.25) is 0 Å². The van der Waals surface area contributed by atoms with E-state index in [1.807, 2.05) is 25.7 Å². The summed E-state index contributed by atoms with van der Waals surface area (Å²) in [7, 11) is -3.45. The summed E-state index contributed by atoms with van der Waals surface area (Å²) in [5.41, 5.74) is 0.108. The normalized spacial score (nSPS) is 30.6. The van der Waals surface area contributed by atoms with Crippen LogP contribution in [0.3, 0.4) is 0 Å². The van der Waals surface area contributed by atoms with Crippen LogP contribution in [0, 0.1) is 6.92 Å². The van der Waals surface area contributed by atoms with Gasteiger partial charge >= 0.3 is 6.09 Å². The summed E-state index contributed by atoms with van der Waals surface area (Å²) < 4.78 is 48.6. The maximum Gasteiger partial charge on any atom is 0.410 e. The summed E-state index contributed by atoms with van der Waals surface area (Å²) in [5.74, 6) is 0.638. The fourth-order valence-electron chi connectivity index (χ4n) is 5.96. The number of carbonyl (C=O) groups is 1.